The number of carbonyl (C=O) groups excluding carboxylic acids is 1. The Morgan fingerprint density at radius 3 is 2.38 bits per heavy atom. The molecule has 0 fully saturated rings. The molecule has 16 heavy (non-hydrogen) atoms. The average molecular weight is 259 g/mol. The second-order valence-electron chi connectivity index (χ2n) is 2.90. The number of halogens is 3. The van der Waals surface area contributed by atoms with Crippen LogP contribution in [0, 0.1) is 0 Å². The van der Waals surface area contributed by atoms with Gasteiger partial charge in [-0.3, -0.25) is 9.59 Å². The number of hydrogen-bond acceptors (Lipinski definition) is 3. The lowest BCUT2D eigenvalue weighted by Gasteiger charge is -2.07. The number of hydrogen-bond donors (Lipinski definition) is 2. The molecule has 0 unspecified atom stereocenters. The van der Waals surface area contributed by atoms with Crippen LogP contribution in [0.25, 0.3) is 0 Å². The van der Waals surface area contributed by atoms with Crippen molar-refractivity contribution in [3.63, 3.8) is 0 Å². The summed E-state index contributed by atoms with van der Waals surface area (Å²) in [7, 11) is 0. The molecule has 0 aliphatic carbocycles. The van der Waals surface area contributed by atoms with Crippen molar-refractivity contribution in [2.75, 3.05) is 18.1 Å². The van der Waals surface area contributed by atoms with Crippen molar-refractivity contribution in [2.24, 2.45) is 0 Å². The van der Waals surface area contributed by atoms with Crippen LogP contribution in [0.3, 0.4) is 0 Å². The van der Waals surface area contributed by atoms with E-state index >= 15 is 0 Å². The van der Waals surface area contributed by atoms with Crippen LogP contribution in [0.1, 0.15) is 12.8 Å². The molecule has 0 saturated carbocycles. The minimum Gasteiger partial charge on any atom is -0.481 e. The van der Waals surface area contributed by atoms with Crippen molar-refractivity contribution in [3.05, 3.63) is 0 Å². The largest absolute Gasteiger partial charge is 0.481 e. The predicted molar refractivity (Wildman–Crippen MR) is 53.3 cm³/mol. The van der Waals surface area contributed by atoms with E-state index in [1.54, 1.807) is 0 Å². The van der Waals surface area contributed by atoms with Gasteiger partial charge in [0.1, 0.15) is 6.42 Å². The summed E-state index contributed by atoms with van der Waals surface area (Å²) < 4.78 is 35.1. The summed E-state index contributed by atoms with van der Waals surface area (Å²) in [5.41, 5.74) is 0. The van der Waals surface area contributed by atoms with E-state index in [0.717, 1.165) is 0 Å². The zero-order chi connectivity index (χ0) is 12.6. The summed E-state index contributed by atoms with van der Waals surface area (Å²) in [6.07, 6.45) is -5.96. The zero-order valence-electron chi connectivity index (χ0n) is 8.34. The molecule has 0 atom stereocenters. The van der Waals surface area contributed by atoms with E-state index in [2.05, 4.69) is 5.32 Å². The Morgan fingerprint density at radius 1 is 1.25 bits per heavy atom. The maximum absolute atomic E-state index is 11.7. The van der Waals surface area contributed by atoms with E-state index in [9.17, 15) is 22.8 Å². The monoisotopic (exact) mass is 259 g/mol. The van der Waals surface area contributed by atoms with Gasteiger partial charge in [-0.2, -0.15) is 24.9 Å². The quantitative estimate of drug-likeness (QED) is 0.675. The van der Waals surface area contributed by atoms with Crippen molar-refractivity contribution < 1.29 is 27.9 Å². The molecule has 0 rings (SSSR count). The van der Waals surface area contributed by atoms with Crippen molar-refractivity contribution in [3.8, 4) is 0 Å². The van der Waals surface area contributed by atoms with Crippen LogP contribution in [0.4, 0.5) is 13.2 Å². The third-order valence-corrected chi connectivity index (χ3v) is 2.38. The van der Waals surface area contributed by atoms with Gasteiger partial charge in [0.15, 0.2) is 0 Å². The van der Waals surface area contributed by atoms with Gasteiger partial charge in [0.2, 0.25) is 5.91 Å². The molecule has 0 aromatic rings. The fourth-order valence-electron chi connectivity index (χ4n) is 0.769. The molecule has 0 aromatic heterocycles. The maximum Gasteiger partial charge on any atom is 0.397 e. The second kappa shape index (κ2) is 7.37. The van der Waals surface area contributed by atoms with Crippen LogP contribution in [0.2, 0.25) is 0 Å². The van der Waals surface area contributed by atoms with Crippen molar-refractivity contribution in [2.45, 2.75) is 19.0 Å². The minimum absolute atomic E-state index is 0.00115. The Bertz CT molecular complexity index is 245. The van der Waals surface area contributed by atoms with Crippen molar-refractivity contribution in [1.29, 1.82) is 0 Å². The highest BCUT2D eigenvalue weighted by molar-refractivity contribution is 7.99. The van der Waals surface area contributed by atoms with Crippen molar-refractivity contribution in [1.82, 2.24) is 5.32 Å². The molecule has 0 aliphatic rings. The highest BCUT2D eigenvalue weighted by atomic mass is 32.2. The summed E-state index contributed by atoms with van der Waals surface area (Å²) >= 11 is 1.26. The lowest BCUT2D eigenvalue weighted by Crippen LogP contribution is -2.30. The number of alkyl halides is 3. The number of nitrogens with one attached hydrogen (secondary N) is 1. The van der Waals surface area contributed by atoms with E-state index in [-0.39, 0.29) is 13.0 Å². The number of carboxylic acids is 1. The number of thioether (sulfide) groups is 1. The molecule has 2 N–H and O–H groups in total. The summed E-state index contributed by atoms with van der Waals surface area (Å²) in [4.78, 5) is 20.8. The second-order valence-corrected chi connectivity index (χ2v) is 4.12. The molecule has 94 valence electrons. The Hall–Kier alpha value is -0.920. The fraction of sp³-hybridized carbons (Fsp3) is 0.750. The first-order chi connectivity index (χ1) is 7.31. The standard InChI is InChI=1S/C8H12F3NO3S/c9-8(10,11)5-6(13)12-2-4-16-3-1-7(14)15/h1-5H2,(H,12,13)(H,14,15). The van der Waals surface area contributed by atoms with E-state index in [1.165, 1.54) is 11.8 Å². The molecule has 0 spiro atoms. The van der Waals surface area contributed by atoms with Gasteiger partial charge < -0.3 is 10.4 Å². The minimum atomic E-state index is -4.49. The van der Waals surface area contributed by atoms with Gasteiger partial charge in [-0.1, -0.05) is 0 Å². The highest BCUT2D eigenvalue weighted by Crippen LogP contribution is 2.18. The lowest BCUT2D eigenvalue weighted by atomic mass is 10.4. The Balaban J connectivity index is 3.38. The van der Waals surface area contributed by atoms with E-state index < -0.39 is 24.5 Å². The first kappa shape index (κ1) is 15.1. The lowest BCUT2D eigenvalue weighted by molar-refractivity contribution is -0.153. The van der Waals surface area contributed by atoms with Crippen LogP contribution in [0.15, 0.2) is 0 Å². The van der Waals surface area contributed by atoms with Crippen LogP contribution in [-0.4, -0.2) is 41.2 Å². The smallest absolute Gasteiger partial charge is 0.397 e. The van der Waals surface area contributed by atoms with Crippen LogP contribution in [-0.2, 0) is 9.59 Å². The molecular formula is C8H12F3NO3S. The molecule has 0 saturated heterocycles. The fourth-order valence-corrected chi connectivity index (χ4v) is 1.54. The van der Waals surface area contributed by atoms with Gasteiger partial charge in [-0.15, -0.1) is 0 Å². The zero-order valence-corrected chi connectivity index (χ0v) is 9.16. The van der Waals surface area contributed by atoms with Crippen molar-refractivity contribution >= 4 is 23.6 Å². The summed E-state index contributed by atoms with van der Waals surface area (Å²) in [6.45, 7) is 0.110. The third-order valence-electron chi connectivity index (χ3n) is 1.39. The van der Waals surface area contributed by atoms with Crippen LogP contribution >= 0.6 is 11.8 Å². The molecule has 4 nitrogen and oxygen atoms in total. The topological polar surface area (TPSA) is 66.4 Å². The van der Waals surface area contributed by atoms with E-state index in [4.69, 9.17) is 5.11 Å². The Kier molecular flexibility index (Phi) is 6.95. The van der Waals surface area contributed by atoms with Crippen LogP contribution < -0.4 is 5.32 Å². The Labute approximate surface area is 94.6 Å². The molecule has 8 heteroatoms. The van der Waals surface area contributed by atoms with Gasteiger partial charge in [0.25, 0.3) is 0 Å². The molecule has 0 aliphatic heterocycles. The number of carboxylic acid groups (broad SMARTS) is 1. The molecule has 0 radical (unpaired) electrons. The van der Waals surface area contributed by atoms with E-state index in [0.29, 0.717) is 11.5 Å². The molecule has 0 bridgehead atoms. The van der Waals surface area contributed by atoms with Gasteiger partial charge in [-0.05, 0) is 0 Å². The number of rotatable bonds is 7. The summed E-state index contributed by atoms with van der Waals surface area (Å²) in [6, 6.07) is 0. The van der Waals surface area contributed by atoms with E-state index in [1.807, 2.05) is 0 Å². The number of aliphatic carboxylic acids is 1. The van der Waals surface area contributed by atoms with Gasteiger partial charge >= 0.3 is 12.1 Å². The molecule has 0 heterocycles. The van der Waals surface area contributed by atoms with Gasteiger partial charge in [0.05, 0.1) is 6.42 Å². The normalized spacial score (nSPS) is 11.2. The molecular weight excluding hydrogens is 247 g/mol. The maximum atomic E-state index is 11.7. The highest BCUT2D eigenvalue weighted by Gasteiger charge is 2.30. The Morgan fingerprint density at radius 2 is 1.88 bits per heavy atom. The summed E-state index contributed by atoms with van der Waals surface area (Å²) in [5.74, 6) is -1.21. The SMILES string of the molecule is O=C(O)CCSCCNC(=O)CC(F)(F)F. The molecule has 1 amide bonds. The number of carbonyl (C=O) groups is 2. The van der Waals surface area contributed by atoms with Gasteiger partial charge in [-0.25, -0.2) is 0 Å². The summed E-state index contributed by atoms with van der Waals surface area (Å²) in [5, 5.41) is 10.4. The average Bonchev–Trinajstić information content (AvgIpc) is 2.07. The molecule has 0 aromatic carbocycles. The third kappa shape index (κ3) is 11.2. The van der Waals surface area contributed by atoms with Gasteiger partial charge in [0, 0.05) is 18.1 Å². The number of amides is 1. The predicted octanol–water partition coefficient (Wildman–Crippen LogP) is 1.26. The first-order valence-corrected chi connectivity index (χ1v) is 5.60. The first-order valence-electron chi connectivity index (χ1n) is 4.44. The van der Waals surface area contributed by atoms with Crippen LogP contribution in [0.5, 0.6) is 0 Å².